The molecule has 164 valence electrons. The van der Waals surface area contributed by atoms with E-state index in [1.165, 1.54) is 4.31 Å². The van der Waals surface area contributed by atoms with Crippen molar-refractivity contribution in [2.75, 3.05) is 44.4 Å². The molecule has 0 saturated carbocycles. The van der Waals surface area contributed by atoms with Gasteiger partial charge in [-0.1, -0.05) is 36.4 Å². The number of nitrogens with zero attached hydrogens (tertiary/aromatic N) is 3. The number of rotatable bonds is 7. The first-order chi connectivity index (χ1) is 14.0. The summed E-state index contributed by atoms with van der Waals surface area (Å²) in [5.74, 6) is 1.45. The van der Waals surface area contributed by atoms with Crippen LogP contribution in [0.3, 0.4) is 0 Å². The Hall–Kier alpha value is -2.01. The summed E-state index contributed by atoms with van der Waals surface area (Å²) in [7, 11) is 1.85. The Kier molecular flexibility index (Phi) is 8.78. The largest absolute Gasteiger partial charge is 0.496 e. The summed E-state index contributed by atoms with van der Waals surface area (Å²) in [6.07, 6.45) is 0.756. The van der Waals surface area contributed by atoms with Crippen LogP contribution in [0, 0.1) is 0 Å². The van der Waals surface area contributed by atoms with E-state index in [1.54, 1.807) is 14.2 Å². The molecule has 1 N–H and O–H groups in total. The second kappa shape index (κ2) is 10.9. The topological polar surface area (TPSA) is 74.2 Å². The second-order valence-corrected chi connectivity index (χ2v) is 8.92. The number of hydrogen-bond acceptors (Lipinski definition) is 4. The van der Waals surface area contributed by atoms with E-state index in [2.05, 4.69) is 10.3 Å². The predicted octanol–water partition coefficient (Wildman–Crippen LogP) is 2.71. The van der Waals surface area contributed by atoms with Crippen LogP contribution in [-0.2, 0) is 23.0 Å². The third kappa shape index (κ3) is 5.57. The van der Waals surface area contributed by atoms with Crippen LogP contribution in [0.1, 0.15) is 11.1 Å². The summed E-state index contributed by atoms with van der Waals surface area (Å²) in [4.78, 5) is 6.21. The summed E-state index contributed by atoms with van der Waals surface area (Å²) in [5.41, 5.74) is 2.91. The smallest absolute Gasteiger partial charge is 0.236 e. The van der Waals surface area contributed by atoms with Gasteiger partial charge in [0.1, 0.15) is 5.75 Å². The molecule has 0 aromatic heterocycles. The third-order valence-corrected chi connectivity index (χ3v) is 6.77. The minimum absolute atomic E-state index is 0. The van der Waals surface area contributed by atoms with Crippen molar-refractivity contribution in [1.29, 1.82) is 0 Å². The molecule has 2 aromatic rings. The molecule has 1 heterocycles. The predicted molar refractivity (Wildman–Crippen MR) is 133 cm³/mol. The summed E-state index contributed by atoms with van der Waals surface area (Å²) >= 11 is 0. The van der Waals surface area contributed by atoms with Gasteiger partial charge in [0.15, 0.2) is 5.96 Å². The van der Waals surface area contributed by atoms with Crippen LogP contribution in [0.15, 0.2) is 53.5 Å². The maximum absolute atomic E-state index is 12.8. The molecule has 1 aliphatic heterocycles. The number of para-hydroxylation sites is 2. The van der Waals surface area contributed by atoms with Crippen LogP contribution in [0.2, 0.25) is 0 Å². The Morgan fingerprint density at radius 3 is 2.63 bits per heavy atom. The Morgan fingerprint density at radius 1 is 1.20 bits per heavy atom. The van der Waals surface area contributed by atoms with Gasteiger partial charge in [-0.2, -0.15) is 0 Å². The van der Waals surface area contributed by atoms with Crippen molar-refractivity contribution < 1.29 is 13.2 Å². The molecule has 0 spiro atoms. The van der Waals surface area contributed by atoms with Gasteiger partial charge in [-0.3, -0.25) is 9.30 Å². The van der Waals surface area contributed by atoms with E-state index in [0.717, 1.165) is 29.0 Å². The van der Waals surface area contributed by atoms with E-state index in [4.69, 9.17) is 4.74 Å². The molecule has 0 aliphatic carbocycles. The summed E-state index contributed by atoms with van der Waals surface area (Å²) in [5, 5.41) is 3.16. The van der Waals surface area contributed by atoms with E-state index in [-0.39, 0.29) is 36.3 Å². The van der Waals surface area contributed by atoms with Crippen molar-refractivity contribution in [1.82, 2.24) is 10.2 Å². The van der Waals surface area contributed by atoms with E-state index >= 15 is 0 Å². The fourth-order valence-electron chi connectivity index (χ4n) is 3.55. The Balaban J connectivity index is 0.00000320. The maximum atomic E-state index is 12.8. The molecule has 0 saturated heterocycles. The lowest BCUT2D eigenvalue weighted by molar-refractivity contribution is 0.396. The summed E-state index contributed by atoms with van der Waals surface area (Å²) in [6.45, 7) is 1.38. The van der Waals surface area contributed by atoms with Gasteiger partial charge < -0.3 is 15.0 Å². The van der Waals surface area contributed by atoms with Gasteiger partial charge in [-0.25, -0.2) is 8.42 Å². The zero-order valence-electron chi connectivity index (χ0n) is 17.5. The second-order valence-electron chi connectivity index (χ2n) is 6.91. The van der Waals surface area contributed by atoms with Gasteiger partial charge in [-0.15, -0.1) is 24.0 Å². The molecular formula is C21H29IN4O3S. The molecule has 0 radical (unpaired) electrons. The van der Waals surface area contributed by atoms with E-state index < -0.39 is 10.0 Å². The first-order valence-electron chi connectivity index (χ1n) is 9.58. The maximum Gasteiger partial charge on any atom is 0.236 e. The van der Waals surface area contributed by atoms with Gasteiger partial charge in [0.05, 0.1) is 18.6 Å². The minimum atomic E-state index is -3.40. The van der Waals surface area contributed by atoms with E-state index in [0.29, 0.717) is 19.0 Å². The number of methoxy groups -OCH3 is 1. The van der Waals surface area contributed by atoms with Gasteiger partial charge >= 0.3 is 0 Å². The Labute approximate surface area is 196 Å². The third-order valence-electron chi connectivity index (χ3n) is 5.00. The van der Waals surface area contributed by atoms with Crippen molar-refractivity contribution >= 4 is 45.6 Å². The molecular weight excluding hydrogens is 515 g/mol. The Morgan fingerprint density at radius 2 is 1.90 bits per heavy atom. The van der Waals surface area contributed by atoms with Gasteiger partial charge in [0, 0.05) is 39.3 Å². The van der Waals surface area contributed by atoms with Crippen LogP contribution in [0.4, 0.5) is 5.69 Å². The van der Waals surface area contributed by atoms with Crippen molar-refractivity contribution in [3.05, 3.63) is 59.7 Å². The first-order valence-corrected chi connectivity index (χ1v) is 11.2. The highest BCUT2D eigenvalue weighted by atomic mass is 127. The number of ether oxygens (including phenoxy) is 1. The molecule has 2 aromatic carbocycles. The first kappa shape index (κ1) is 24.3. The van der Waals surface area contributed by atoms with Crippen molar-refractivity contribution in [2.45, 2.75) is 13.0 Å². The van der Waals surface area contributed by atoms with Crippen LogP contribution in [0.25, 0.3) is 0 Å². The number of halogens is 1. The zero-order chi connectivity index (χ0) is 20.9. The molecule has 0 unspecified atom stereocenters. The molecule has 30 heavy (non-hydrogen) atoms. The average molecular weight is 544 g/mol. The number of aliphatic imine (C=N–C) groups is 1. The number of hydrogen-bond donors (Lipinski definition) is 1. The molecule has 0 amide bonds. The summed E-state index contributed by atoms with van der Waals surface area (Å²) < 4.78 is 32.6. The molecule has 7 nitrogen and oxygen atoms in total. The van der Waals surface area contributed by atoms with E-state index in [1.807, 2.05) is 60.5 Å². The molecule has 9 heteroatoms. The number of fused-ring (bicyclic) bond motifs is 1. The standard InChI is InChI=1S/C21H28N4O3S.HI/c1-22-21(24(2)16-18-9-5-7-11-20(18)28-3)23-13-15-29(26,27)25-14-12-17-8-4-6-10-19(17)25;/h4-11H,12-16H2,1-3H3,(H,22,23);1H. The lowest BCUT2D eigenvalue weighted by Crippen LogP contribution is -2.42. The fourth-order valence-corrected chi connectivity index (χ4v) is 4.98. The van der Waals surface area contributed by atoms with Crippen molar-refractivity contribution in [3.63, 3.8) is 0 Å². The number of guanidine groups is 1. The average Bonchev–Trinajstić information content (AvgIpc) is 3.16. The number of benzene rings is 2. The highest BCUT2D eigenvalue weighted by molar-refractivity contribution is 14.0. The SMILES string of the molecule is CN=C(NCCS(=O)(=O)N1CCc2ccccc21)N(C)Cc1ccccc1OC.I. The molecule has 1 aliphatic rings. The lowest BCUT2D eigenvalue weighted by Gasteiger charge is -2.24. The molecule has 0 fully saturated rings. The molecule has 0 atom stereocenters. The molecule has 3 rings (SSSR count). The quantitative estimate of drug-likeness (QED) is 0.330. The normalized spacial score (nSPS) is 13.4. The Bertz CT molecular complexity index is 982. The van der Waals surface area contributed by atoms with Gasteiger partial charge in [0.25, 0.3) is 0 Å². The van der Waals surface area contributed by atoms with Crippen LogP contribution < -0.4 is 14.4 Å². The zero-order valence-corrected chi connectivity index (χ0v) is 20.7. The van der Waals surface area contributed by atoms with Crippen LogP contribution >= 0.6 is 24.0 Å². The number of sulfonamides is 1. The van der Waals surface area contributed by atoms with Crippen LogP contribution in [0.5, 0.6) is 5.75 Å². The highest BCUT2D eigenvalue weighted by Gasteiger charge is 2.28. The monoisotopic (exact) mass is 544 g/mol. The number of anilines is 1. The summed E-state index contributed by atoms with van der Waals surface area (Å²) in [6, 6.07) is 15.5. The minimum Gasteiger partial charge on any atom is -0.496 e. The van der Waals surface area contributed by atoms with Gasteiger partial charge in [-0.05, 0) is 24.1 Å². The van der Waals surface area contributed by atoms with Crippen LogP contribution in [-0.4, -0.2) is 59.3 Å². The fraction of sp³-hybridized carbons (Fsp3) is 0.381. The van der Waals surface area contributed by atoms with Crippen molar-refractivity contribution in [3.8, 4) is 5.75 Å². The number of nitrogens with one attached hydrogen (secondary N) is 1. The highest BCUT2D eigenvalue weighted by Crippen LogP contribution is 2.29. The molecule has 0 bridgehead atoms. The van der Waals surface area contributed by atoms with Gasteiger partial charge in [0.2, 0.25) is 10.0 Å². The van der Waals surface area contributed by atoms with E-state index in [9.17, 15) is 8.42 Å². The van der Waals surface area contributed by atoms with Crippen molar-refractivity contribution in [2.24, 2.45) is 4.99 Å². The lowest BCUT2D eigenvalue weighted by atomic mass is 10.2.